The minimum absolute atomic E-state index is 0.158. The zero-order valence-corrected chi connectivity index (χ0v) is 12.7. The SMILES string of the molecule is CCC1CCC(N(C)CC(=O)c2ccc(F)c(F)c2)CC1. The minimum atomic E-state index is -0.966. The highest BCUT2D eigenvalue weighted by Gasteiger charge is 2.24. The monoisotopic (exact) mass is 295 g/mol. The first kappa shape index (κ1) is 16.1. The van der Waals surface area contributed by atoms with Gasteiger partial charge in [-0.05, 0) is 56.8 Å². The van der Waals surface area contributed by atoms with Gasteiger partial charge in [-0.3, -0.25) is 9.69 Å². The second-order valence-corrected chi connectivity index (χ2v) is 6.05. The number of hydrogen-bond acceptors (Lipinski definition) is 2. The van der Waals surface area contributed by atoms with Crippen molar-refractivity contribution in [3.8, 4) is 0 Å². The average Bonchev–Trinajstić information content (AvgIpc) is 2.50. The van der Waals surface area contributed by atoms with Gasteiger partial charge in [0, 0.05) is 11.6 Å². The Morgan fingerprint density at radius 2 is 1.86 bits per heavy atom. The van der Waals surface area contributed by atoms with Crippen LogP contribution in [0.1, 0.15) is 49.4 Å². The first-order valence-corrected chi connectivity index (χ1v) is 7.69. The van der Waals surface area contributed by atoms with Crippen molar-refractivity contribution in [2.75, 3.05) is 13.6 Å². The molecule has 0 radical (unpaired) electrons. The molecule has 4 heteroatoms. The second-order valence-electron chi connectivity index (χ2n) is 6.05. The molecular weight excluding hydrogens is 272 g/mol. The normalized spacial score (nSPS) is 22.5. The fourth-order valence-electron chi connectivity index (χ4n) is 3.11. The van der Waals surface area contributed by atoms with Gasteiger partial charge >= 0.3 is 0 Å². The number of likely N-dealkylation sites (N-methyl/N-ethyl adjacent to an activating group) is 1. The molecule has 0 saturated heterocycles. The molecular formula is C17H23F2NO. The third-order valence-electron chi connectivity index (χ3n) is 4.65. The zero-order valence-electron chi connectivity index (χ0n) is 12.7. The first-order chi connectivity index (χ1) is 10.0. The summed E-state index contributed by atoms with van der Waals surface area (Å²) in [4.78, 5) is 14.2. The largest absolute Gasteiger partial charge is 0.296 e. The van der Waals surface area contributed by atoms with Crippen LogP contribution < -0.4 is 0 Å². The number of Topliss-reactive ketones (excluding diaryl/α,β-unsaturated/α-hetero) is 1. The molecule has 0 aliphatic heterocycles. The van der Waals surface area contributed by atoms with Gasteiger partial charge in [0.25, 0.3) is 0 Å². The maximum atomic E-state index is 13.2. The van der Waals surface area contributed by atoms with Crippen LogP contribution >= 0.6 is 0 Å². The molecule has 2 rings (SSSR count). The highest BCUT2D eigenvalue weighted by Crippen LogP contribution is 2.29. The van der Waals surface area contributed by atoms with Crippen LogP contribution in [-0.2, 0) is 0 Å². The van der Waals surface area contributed by atoms with Crippen molar-refractivity contribution in [1.29, 1.82) is 0 Å². The molecule has 0 heterocycles. The summed E-state index contributed by atoms with van der Waals surface area (Å²) in [6.45, 7) is 2.48. The lowest BCUT2D eigenvalue weighted by Gasteiger charge is -2.34. The van der Waals surface area contributed by atoms with E-state index in [9.17, 15) is 13.6 Å². The molecule has 2 nitrogen and oxygen atoms in total. The molecule has 0 unspecified atom stereocenters. The van der Waals surface area contributed by atoms with E-state index < -0.39 is 11.6 Å². The highest BCUT2D eigenvalue weighted by molar-refractivity contribution is 5.97. The van der Waals surface area contributed by atoms with Crippen LogP contribution in [0.15, 0.2) is 18.2 Å². The lowest BCUT2D eigenvalue weighted by Crippen LogP contribution is -2.38. The minimum Gasteiger partial charge on any atom is -0.296 e. The van der Waals surface area contributed by atoms with E-state index in [0.29, 0.717) is 6.04 Å². The molecule has 0 atom stereocenters. The van der Waals surface area contributed by atoms with Gasteiger partial charge < -0.3 is 0 Å². The molecule has 1 aromatic rings. The molecule has 0 spiro atoms. The third kappa shape index (κ3) is 4.10. The second kappa shape index (κ2) is 7.12. The Balaban J connectivity index is 1.91. The van der Waals surface area contributed by atoms with Crippen molar-refractivity contribution in [3.05, 3.63) is 35.4 Å². The first-order valence-electron chi connectivity index (χ1n) is 7.69. The van der Waals surface area contributed by atoms with E-state index in [-0.39, 0.29) is 17.9 Å². The summed E-state index contributed by atoms with van der Waals surface area (Å²) >= 11 is 0. The summed E-state index contributed by atoms with van der Waals surface area (Å²) in [7, 11) is 1.94. The Hall–Kier alpha value is -1.29. The standard InChI is InChI=1S/C17H23F2NO/c1-3-12-4-7-14(8-5-12)20(2)11-17(21)13-6-9-15(18)16(19)10-13/h6,9-10,12,14H,3-5,7-8,11H2,1-2H3. The van der Waals surface area contributed by atoms with Gasteiger partial charge in [-0.1, -0.05) is 13.3 Å². The summed E-state index contributed by atoms with van der Waals surface area (Å²) < 4.78 is 26.1. The van der Waals surface area contributed by atoms with Gasteiger partial charge in [-0.15, -0.1) is 0 Å². The molecule has 0 N–H and O–H groups in total. The molecule has 0 amide bonds. The predicted molar refractivity (Wildman–Crippen MR) is 79.4 cm³/mol. The van der Waals surface area contributed by atoms with Gasteiger partial charge in [0.1, 0.15) is 0 Å². The number of halogens is 2. The van der Waals surface area contributed by atoms with Crippen molar-refractivity contribution < 1.29 is 13.6 Å². The topological polar surface area (TPSA) is 20.3 Å². The molecule has 1 aliphatic rings. The molecule has 0 aromatic heterocycles. The molecule has 0 bridgehead atoms. The fraction of sp³-hybridized carbons (Fsp3) is 0.588. The Morgan fingerprint density at radius 3 is 2.43 bits per heavy atom. The maximum absolute atomic E-state index is 13.2. The Bertz CT molecular complexity index is 496. The van der Waals surface area contributed by atoms with Gasteiger partial charge in [0.2, 0.25) is 0 Å². The molecule has 1 saturated carbocycles. The van der Waals surface area contributed by atoms with Crippen molar-refractivity contribution >= 4 is 5.78 Å². The summed E-state index contributed by atoms with van der Waals surface area (Å²) in [5, 5.41) is 0. The average molecular weight is 295 g/mol. The van der Waals surface area contributed by atoms with E-state index in [4.69, 9.17) is 0 Å². The number of carbonyl (C=O) groups is 1. The van der Waals surface area contributed by atoms with Crippen molar-refractivity contribution in [2.24, 2.45) is 5.92 Å². The van der Waals surface area contributed by atoms with Crippen LogP contribution in [0.3, 0.4) is 0 Å². The zero-order chi connectivity index (χ0) is 15.4. The van der Waals surface area contributed by atoms with E-state index in [2.05, 4.69) is 11.8 Å². The third-order valence-corrected chi connectivity index (χ3v) is 4.65. The lowest BCUT2D eigenvalue weighted by molar-refractivity contribution is 0.0884. The number of rotatable bonds is 5. The molecule has 1 fully saturated rings. The Kier molecular flexibility index (Phi) is 5.45. The molecule has 116 valence electrons. The van der Waals surface area contributed by atoms with E-state index in [1.165, 1.54) is 25.3 Å². The van der Waals surface area contributed by atoms with Crippen molar-refractivity contribution in [1.82, 2.24) is 4.90 Å². The summed E-state index contributed by atoms with van der Waals surface area (Å²) in [6, 6.07) is 3.76. The van der Waals surface area contributed by atoms with Crippen LogP contribution in [0.25, 0.3) is 0 Å². The van der Waals surface area contributed by atoms with E-state index in [0.717, 1.165) is 30.9 Å². The number of benzene rings is 1. The Labute approximate surface area is 125 Å². The highest BCUT2D eigenvalue weighted by atomic mass is 19.2. The van der Waals surface area contributed by atoms with Crippen molar-refractivity contribution in [3.63, 3.8) is 0 Å². The summed E-state index contributed by atoms with van der Waals surface area (Å²) in [5.74, 6) is -1.23. The summed E-state index contributed by atoms with van der Waals surface area (Å²) in [5.41, 5.74) is 0.239. The van der Waals surface area contributed by atoms with Gasteiger partial charge in [-0.25, -0.2) is 8.78 Å². The number of carbonyl (C=O) groups excluding carboxylic acids is 1. The van der Waals surface area contributed by atoms with Gasteiger partial charge in [0.15, 0.2) is 17.4 Å². The summed E-state index contributed by atoms with van der Waals surface area (Å²) in [6.07, 6.45) is 5.88. The molecule has 1 aliphatic carbocycles. The van der Waals surface area contributed by atoms with E-state index in [1.807, 2.05) is 7.05 Å². The van der Waals surface area contributed by atoms with E-state index in [1.54, 1.807) is 0 Å². The maximum Gasteiger partial charge on any atom is 0.176 e. The van der Waals surface area contributed by atoms with Crippen LogP contribution in [0.5, 0.6) is 0 Å². The Morgan fingerprint density at radius 1 is 1.19 bits per heavy atom. The molecule has 21 heavy (non-hydrogen) atoms. The van der Waals surface area contributed by atoms with Gasteiger partial charge in [0.05, 0.1) is 6.54 Å². The van der Waals surface area contributed by atoms with Crippen molar-refractivity contribution in [2.45, 2.75) is 45.1 Å². The quantitative estimate of drug-likeness (QED) is 0.764. The fourth-order valence-corrected chi connectivity index (χ4v) is 3.11. The van der Waals surface area contributed by atoms with Crippen LogP contribution in [0, 0.1) is 17.6 Å². The van der Waals surface area contributed by atoms with Crippen LogP contribution in [-0.4, -0.2) is 30.3 Å². The van der Waals surface area contributed by atoms with Gasteiger partial charge in [-0.2, -0.15) is 0 Å². The van der Waals surface area contributed by atoms with E-state index >= 15 is 0 Å². The van der Waals surface area contributed by atoms with Crippen LogP contribution in [0.4, 0.5) is 8.78 Å². The molecule has 1 aromatic carbocycles. The van der Waals surface area contributed by atoms with Crippen LogP contribution in [0.2, 0.25) is 0 Å². The smallest absolute Gasteiger partial charge is 0.176 e. The number of nitrogens with zero attached hydrogens (tertiary/aromatic N) is 1. The number of ketones is 1. The predicted octanol–water partition coefficient (Wildman–Crippen LogP) is 4.05. The number of hydrogen-bond donors (Lipinski definition) is 0. The lowest BCUT2D eigenvalue weighted by atomic mass is 9.84.